The lowest BCUT2D eigenvalue weighted by molar-refractivity contribution is 0.599. The smallest absolute Gasteiger partial charge is 0.191 e. The van der Waals surface area contributed by atoms with E-state index in [0.717, 1.165) is 25.2 Å². The molecule has 1 aromatic carbocycles. The van der Waals surface area contributed by atoms with Gasteiger partial charge in [0.25, 0.3) is 0 Å². The molecule has 2 N–H and O–H groups in total. The van der Waals surface area contributed by atoms with Gasteiger partial charge in [-0.25, -0.2) is 13.4 Å². The van der Waals surface area contributed by atoms with Gasteiger partial charge < -0.3 is 15.5 Å². The normalized spacial score (nSPS) is 21.5. The Balaban J connectivity index is 0.00000243. The lowest BCUT2D eigenvalue weighted by atomic mass is 10.2. The summed E-state index contributed by atoms with van der Waals surface area (Å²) in [7, 11) is -2.89. The van der Waals surface area contributed by atoms with Crippen LogP contribution in [0, 0.1) is 0 Å². The lowest BCUT2D eigenvalue weighted by Crippen LogP contribution is -2.44. The Morgan fingerprint density at radius 1 is 1.23 bits per heavy atom. The maximum Gasteiger partial charge on any atom is 0.191 e. The number of nitrogens with zero attached hydrogens (tertiary/aromatic N) is 2. The molecule has 0 aliphatic carbocycles. The molecule has 3 rings (SSSR count). The van der Waals surface area contributed by atoms with Gasteiger partial charge in [-0.05, 0) is 31.0 Å². The maximum atomic E-state index is 11.6. The summed E-state index contributed by atoms with van der Waals surface area (Å²) < 4.78 is 23.2. The van der Waals surface area contributed by atoms with Crippen LogP contribution in [0.3, 0.4) is 0 Å². The molecule has 2 heterocycles. The molecule has 0 saturated carbocycles. The largest absolute Gasteiger partial charge is 0.364 e. The minimum absolute atomic E-state index is 0. The summed E-state index contributed by atoms with van der Waals surface area (Å²) in [5.41, 5.74) is 2.35. The van der Waals surface area contributed by atoms with Crippen LogP contribution in [0.1, 0.15) is 18.9 Å². The predicted molar refractivity (Wildman–Crippen MR) is 118 cm³/mol. The molecule has 0 radical (unpaired) electrons. The number of benzene rings is 1. The van der Waals surface area contributed by atoms with Crippen molar-refractivity contribution in [2.24, 2.45) is 4.99 Å². The molecule has 26 heavy (non-hydrogen) atoms. The van der Waals surface area contributed by atoms with Gasteiger partial charge in [0.05, 0.1) is 18.1 Å². The first-order chi connectivity index (χ1) is 12.1. The van der Waals surface area contributed by atoms with E-state index in [1.165, 1.54) is 5.69 Å². The molecule has 6 nitrogen and oxygen atoms in total. The second kappa shape index (κ2) is 9.59. The van der Waals surface area contributed by atoms with Gasteiger partial charge in [0.2, 0.25) is 0 Å². The average molecular weight is 490 g/mol. The Morgan fingerprint density at radius 2 is 1.92 bits per heavy atom. The van der Waals surface area contributed by atoms with Gasteiger partial charge in [0, 0.05) is 31.4 Å². The molecule has 1 unspecified atom stereocenters. The molecule has 2 aliphatic heterocycles. The zero-order valence-corrected chi connectivity index (χ0v) is 18.2. The molecule has 2 aliphatic rings. The molecule has 144 valence electrons. The zero-order chi connectivity index (χ0) is 17.7. The third-order valence-corrected chi connectivity index (χ3v) is 6.22. The van der Waals surface area contributed by atoms with Crippen LogP contribution in [0.15, 0.2) is 41.4 Å². The van der Waals surface area contributed by atoms with Crippen molar-refractivity contribution in [3.63, 3.8) is 0 Å². The van der Waals surface area contributed by atoms with Gasteiger partial charge in [-0.3, -0.25) is 0 Å². The van der Waals surface area contributed by atoms with Gasteiger partial charge in [0.1, 0.15) is 0 Å². The second-order valence-electron chi connectivity index (χ2n) is 6.48. The van der Waals surface area contributed by atoms with Crippen molar-refractivity contribution in [1.29, 1.82) is 0 Å². The molecule has 1 aromatic rings. The van der Waals surface area contributed by atoms with Crippen LogP contribution in [0.5, 0.6) is 0 Å². The van der Waals surface area contributed by atoms with Crippen molar-refractivity contribution in [2.75, 3.05) is 36.0 Å². The highest BCUT2D eigenvalue weighted by Gasteiger charge is 2.28. The number of hydrogen-bond donors (Lipinski definition) is 2. The average Bonchev–Trinajstić information content (AvgIpc) is 3.23. The predicted octanol–water partition coefficient (Wildman–Crippen LogP) is 1.92. The van der Waals surface area contributed by atoms with Crippen LogP contribution < -0.4 is 15.5 Å². The highest BCUT2D eigenvalue weighted by molar-refractivity contribution is 14.0. The van der Waals surface area contributed by atoms with Crippen molar-refractivity contribution >= 4 is 45.5 Å². The standard InChI is InChI=1S/C18H26N4O2S.HI/c1-2-19-18(21-16-9-12-25(23,24)14-16)20-13-15-5-7-17(8-6-15)22-10-3-4-11-22;/h3-8,16H,2,9-14H2,1H3,(H2,19,20,21);1H. The Labute approximate surface area is 173 Å². The lowest BCUT2D eigenvalue weighted by Gasteiger charge is -2.18. The molecule has 1 fully saturated rings. The van der Waals surface area contributed by atoms with E-state index in [9.17, 15) is 8.42 Å². The first-order valence-corrected chi connectivity index (χ1v) is 10.6. The summed E-state index contributed by atoms with van der Waals surface area (Å²) >= 11 is 0. The molecule has 8 heteroatoms. The number of aliphatic imine (C=N–C) groups is 1. The molecular weight excluding hydrogens is 463 g/mol. The number of halogens is 1. The molecule has 0 bridgehead atoms. The summed E-state index contributed by atoms with van der Waals surface area (Å²) in [5.74, 6) is 1.13. The molecular formula is C18H27IN4O2S. The summed E-state index contributed by atoms with van der Waals surface area (Å²) in [4.78, 5) is 6.90. The van der Waals surface area contributed by atoms with Crippen LogP contribution >= 0.6 is 24.0 Å². The highest BCUT2D eigenvalue weighted by atomic mass is 127. The van der Waals surface area contributed by atoms with Crippen LogP contribution in [-0.2, 0) is 16.4 Å². The monoisotopic (exact) mass is 490 g/mol. The molecule has 0 spiro atoms. The van der Waals surface area contributed by atoms with Crippen LogP contribution in [-0.4, -0.2) is 51.6 Å². The van der Waals surface area contributed by atoms with E-state index >= 15 is 0 Å². The number of nitrogens with one attached hydrogen (secondary N) is 2. The Kier molecular flexibility index (Phi) is 7.75. The van der Waals surface area contributed by atoms with Gasteiger partial charge in [-0.1, -0.05) is 24.3 Å². The van der Waals surface area contributed by atoms with Crippen LogP contribution in [0.2, 0.25) is 0 Å². The maximum absolute atomic E-state index is 11.6. The number of rotatable bonds is 5. The third kappa shape index (κ3) is 5.87. The quantitative estimate of drug-likeness (QED) is 0.286. The first kappa shape index (κ1) is 21.0. The van der Waals surface area contributed by atoms with Gasteiger partial charge in [-0.2, -0.15) is 0 Å². The van der Waals surface area contributed by atoms with Crippen molar-refractivity contribution < 1.29 is 8.42 Å². The number of sulfone groups is 1. The minimum atomic E-state index is -2.89. The highest BCUT2D eigenvalue weighted by Crippen LogP contribution is 2.18. The van der Waals surface area contributed by atoms with Crippen molar-refractivity contribution in [1.82, 2.24) is 10.6 Å². The zero-order valence-electron chi connectivity index (χ0n) is 15.0. The first-order valence-electron chi connectivity index (χ1n) is 8.80. The van der Waals surface area contributed by atoms with E-state index in [1.54, 1.807) is 0 Å². The van der Waals surface area contributed by atoms with Gasteiger partial charge in [-0.15, -0.1) is 24.0 Å². The minimum Gasteiger partial charge on any atom is -0.364 e. The summed E-state index contributed by atoms with van der Waals surface area (Å²) in [6, 6.07) is 8.40. The van der Waals surface area contributed by atoms with Crippen LogP contribution in [0.25, 0.3) is 0 Å². The molecule has 1 saturated heterocycles. The second-order valence-corrected chi connectivity index (χ2v) is 8.71. The van der Waals surface area contributed by atoms with E-state index < -0.39 is 9.84 Å². The van der Waals surface area contributed by atoms with E-state index in [0.29, 0.717) is 18.9 Å². The molecule has 1 atom stereocenters. The third-order valence-electron chi connectivity index (χ3n) is 4.46. The van der Waals surface area contributed by atoms with Crippen LogP contribution in [0.4, 0.5) is 5.69 Å². The fourth-order valence-corrected chi connectivity index (χ4v) is 4.77. The Hall–Kier alpha value is -1.29. The van der Waals surface area contributed by atoms with Crippen molar-refractivity contribution in [3.8, 4) is 0 Å². The fraction of sp³-hybridized carbons (Fsp3) is 0.500. The SMILES string of the molecule is CCNC(=NCc1ccc(N2CC=CC2)cc1)NC1CCS(=O)(=O)C1.I. The van der Waals surface area contributed by atoms with Gasteiger partial charge >= 0.3 is 0 Å². The van der Waals surface area contributed by atoms with E-state index in [1.807, 2.05) is 6.92 Å². The number of hydrogen-bond acceptors (Lipinski definition) is 4. The molecule has 0 aromatic heterocycles. The van der Waals surface area contributed by atoms with E-state index in [4.69, 9.17) is 0 Å². The molecule has 0 amide bonds. The number of guanidine groups is 1. The van der Waals surface area contributed by atoms with Crippen molar-refractivity contribution in [2.45, 2.75) is 25.9 Å². The Morgan fingerprint density at radius 3 is 2.50 bits per heavy atom. The summed E-state index contributed by atoms with van der Waals surface area (Å²) in [6.45, 7) is 5.24. The fourth-order valence-electron chi connectivity index (χ4n) is 3.09. The Bertz CT molecular complexity index is 739. The van der Waals surface area contributed by atoms with Gasteiger partial charge in [0.15, 0.2) is 15.8 Å². The summed E-state index contributed by atoms with van der Waals surface area (Å²) in [5, 5.41) is 6.43. The van der Waals surface area contributed by atoms with E-state index in [2.05, 4.69) is 56.9 Å². The summed E-state index contributed by atoms with van der Waals surface area (Å²) in [6.07, 6.45) is 5.00. The van der Waals surface area contributed by atoms with E-state index in [-0.39, 0.29) is 41.5 Å². The topological polar surface area (TPSA) is 73.8 Å². The number of anilines is 1. The van der Waals surface area contributed by atoms with Crippen molar-refractivity contribution in [3.05, 3.63) is 42.0 Å².